The molecule has 1 aromatic carbocycles. The third kappa shape index (κ3) is 4.98. The van der Waals surface area contributed by atoms with Crippen molar-refractivity contribution in [3.63, 3.8) is 0 Å². The fourth-order valence-corrected chi connectivity index (χ4v) is 3.17. The molecular formula is C21H22F4N4O3. The van der Waals surface area contributed by atoms with E-state index in [0.717, 1.165) is 6.20 Å². The van der Waals surface area contributed by atoms with Gasteiger partial charge >= 0.3 is 6.18 Å². The first-order valence-electron chi connectivity index (χ1n) is 9.56. The Balaban J connectivity index is 1.80. The molecule has 32 heavy (non-hydrogen) atoms. The quantitative estimate of drug-likeness (QED) is 0.670. The fourth-order valence-electron chi connectivity index (χ4n) is 3.17. The molecule has 1 atom stereocenters. The first-order valence-corrected chi connectivity index (χ1v) is 9.56. The molecule has 1 aliphatic heterocycles. The lowest BCUT2D eigenvalue weighted by molar-refractivity contribution is -0.153. The number of carbonyl (C=O) groups is 1. The van der Waals surface area contributed by atoms with Crippen molar-refractivity contribution < 1.29 is 31.8 Å². The van der Waals surface area contributed by atoms with Gasteiger partial charge in [0, 0.05) is 11.3 Å². The van der Waals surface area contributed by atoms with Crippen LogP contribution in [0.5, 0.6) is 5.75 Å². The minimum atomic E-state index is -4.49. The molecule has 1 aliphatic rings. The standard InChI is InChI=1S/C21H22F4N4O3/c1-19(2)20(3,29-17(26)10-32-19)14-8-12(4-6-15(14)22)28-18(30)16-7-5-13(9-27-16)31-11-21(23,24)25/h4-9H,10-11H2,1-3H3,(H2,26,29)(H,28,30). The maximum absolute atomic E-state index is 14.7. The molecule has 2 heterocycles. The number of aliphatic imine (C=N–C) groups is 1. The maximum atomic E-state index is 14.7. The summed E-state index contributed by atoms with van der Waals surface area (Å²) in [6, 6.07) is 6.40. The number of anilines is 1. The van der Waals surface area contributed by atoms with Gasteiger partial charge in [0.2, 0.25) is 0 Å². The Morgan fingerprint density at radius 2 is 1.97 bits per heavy atom. The summed E-state index contributed by atoms with van der Waals surface area (Å²) in [6.07, 6.45) is -3.48. The first-order chi connectivity index (χ1) is 14.8. The number of hydrogen-bond acceptors (Lipinski definition) is 6. The molecule has 172 valence electrons. The van der Waals surface area contributed by atoms with Crippen molar-refractivity contribution in [2.75, 3.05) is 18.5 Å². The van der Waals surface area contributed by atoms with Gasteiger partial charge in [0.1, 0.15) is 35.2 Å². The molecule has 0 saturated heterocycles. The van der Waals surface area contributed by atoms with E-state index in [0.29, 0.717) is 0 Å². The number of alkyl halides is 3. The van der Waals surface area contributed by atoms with Crippen LogP contribution in [-0.4, -0.2) is 41.7 Å². The number of rotatable bonds is 5. The van der Waals surface area contributed by atoms with E-state index in [4.69, 9.17) is 10.5 Å². The van der Waals surface area contributed by atoms with Gasteiger partial charge in [0.05, 0.1) is 11.8 Å². The van der Waals surface area contributed by atoms with Gasteiger partial charge in [0.25, 0.3) is 5.91 Å². The van der Waals surface area contributed by atoms with Crippen LogP contribution in [0.1, 0.15) is 36.8 Å². The normalized spacial score (nSPS) is 20.4. The Labute approximate surface area is 181 Å². The number of benzene rings is 1. The zero-order chi connectivity index (χ0) is 23.7. The van der Waals surface area contributed by atoms with Gasteiger partial charge in [-0.05, 0) is 51.1 Å². The van der Waals surface area contributed by atoms with Crippen molar-refractivity contribution in [3.05, 3.63) is 53.6 Å². The van der Waals surface area contributed by atoms with Crippen LogP contribution in [-0.2, 0) is 10.3 Å². The Morgan fingerprint density at radius 1 is 1.25 bits per heavy atom. The van der Waals surface area contributed by atoms with Crippen LogP contribution in [0.25, 0.3) is 0 Å². The van der Waals surface area contributed by atoms with Crippen molar-refractivity contribution in [2.45, 2.75) is 38.1 Å². The molecule has 1 amide bonds. The van der Waals surface area contributed by atoms with Crippen molar-refractivity contribution >= 4 is 17.4 Å². The van der Waals surface area contributed by atoms with Gasteiger partial charge in [-0.25, -0.2) is 9.37 Å². The number of nitrogens with one attached hydrogen (secondary N) is 1. The predicted octanol–water partition coefficient (Wildman–Crippen LogP) is 3.80. The number of hydrogen-bond donors (Lipinski definition) is 2. The fraction of sp³-hybridized carbons (Fsp3) is 0.381. The second kappa shape index (κ2) is 8.38. The molecule has 0 bridgehead atoms. The third-order valence-electron chi connectivity index (χ3n) is 5.24. The molecule has 0 aliphatic carbocycles. The van der Waals surface area contributed by atoms with Crippen molar-refractivity contribution in [3.8, 4) is 5.75 Å². The summed E-state index contributed by atoms with van der Waals surface area (Å²) in [4.78, 5) is 20.8. The largest absolute Gasteiger partial charge is 0.483 e. The summed E-state index contributed by atoms with van der Waals surface area (Å²) in [7, 11) is 0. The number of nitrogens with two attached hydrogens (primary N) is 1. The van der Waals surface area contributed by atoms with Crippen molar-refractivity contribution in [1.29, 1.82) is 0 Å². The number of amidine groups is 1. The highest BCUT2D eigenvalue weighted by molar-refractivity contribution is 6.02. The van der Waals surface area contributed by atoms with Gasteiger partial charge in [0.15, 0.2) is 6.61 Å². The highest BCUT2D eigenvalue weighted by Gasteiger charge is 2.48. The zero-order valence-corrected chi connectivity index (χ0v) is 17.6. The molecule has 11 heteroatoms. The Morgan fingerprint density at radius 3 is 2.59 bits per heavy atom. The van der Waals surface area contributed by atoms with Gasteiger partial charge in [-0.2, -0.15) is 13.2 Å². The second-order valence-electron chi connectivity index (χ2n) is 7.91. The van der Waals surface area contributed by atoms with Crippen LogP contribution in [0.3, 0.4) is 0 Å². The van der Waals surface area contributed by atoms with Crippen LogP contribution in [0, 0.1) is 5.82 Å². The number of nitrogens with zero attached hydrogens (tertiary/aromatic N) is 2. The Kier molecular flexibility index (Phi) is 6.14. The smallest absolute Gasteiger partial charge is 0.422 e. The molecule has 3 rings (SSSR count). The highest BCUT2D eigenvalue weighted by atomic mass is 19.4. The number of pyridine rings is 1. The summed E-state index contributed by atoms with van der Waals surface area (Å²) in [6.45, 7) is 3.86. The van der Waals surface area contributed by atoms with E-state index in [1.807, 2.05) is 0 Å². The summed E-state index contributed by atoms with van der Waals surface area (Å²) in [5.41, 5.74) is 4.16. The van der Waals surface area contributed by atoms with Crippen molar-refractivity contribution in [2.24, 2.45) is 10.7 Å². The van der Waals surface area contributed by atoms with Crippen molar-refractivity contribution in [1.82, 2.24) is 4.98 Å². The third-order valence-corrected chi connectivity index (χ3v) is 5.24. The molecule has 0 spiro atoms. The van der Waals surface area contributed by atoms with E-state index < -0.39 is 35.6 Å². The molecule has 3 N–H and O–H groups in total. The Hall–Kier alpha value is -3.21. The van der Waals surface area contributed by atoms with Crippen LogP contribution in [0.4, 0.5) is 23.2 Å². The number of amides is 1. The zero-order valence-electron chi connectivity index (χ0n) is 17.6. The summed E-state index contributed by atoms with van der Waals surface area (Å²) < 4.78 is 61.7. The van der Waals surface area contributed by atoms with E-state index in [1.165, 1.54) is 30.3 Å². The minimum absolute atomic E-state index is 0.0648. The number of aromatic nitrogens is 1. The lowest BCUT2D eigenvalue weighted by Crippen LogP contribution is -2.52. The molecular weight excluding hydrogens is 432 g/mol. The van der Waals surface area contributed by atoms with E-state index in [9.17, 15) is 22.4 Å². The molecule has 0 radical (unpaired) electrons. The molecule has 0 saturated carbocycles. The van der Waals surface area contributed by atoms with E-state index in [1.54, 1.807) is 20.8 Å². The lowest BCUT2D eigenvalue weighted by atomic mass is 9.77. The summed E-state index contributed by atoms with van der Waals surface area (Å²) in [5.74, 6) is -1.11. The van der Waals surface area contributed by atoms with Gasteiger partial charge in [-0.3, -0.25) is 9.79 Å². The topological polar surface area (TPSA) is 98.8 Å². The Bertz CT molecular complexity index is 1040. The number of ether oxygens (including phenoxy) is 2. The maximum Gasteiger partial charge on any atom is 0.422 e. The molecule has 1 aromatic heterocycles. The number of carbonyl (C=O) groups excluding carboxylic acids is 1. The van der Waals surface area contributed by atoms with Crippen LogP contribution in [0.15, 0.2) is 41.5 Å². The summed E-state index contributed by atoms with van der Waals surface area (Å²) >= 11 is 0. The minimum Gasteiger partial charge on any atom is -0.483 e. The predicted molar refractivity (Wildman–Crippen MR) is 109 cm³/mol. The lowest BCUT2D eigenvalue weighted by Gasteiger charge is -2.44. The average molecular weight is 454 g/mol. The van der Waals surface area contributed by atoms with Crippen LogP contribution >= 0.6 is 0 Å². The number of halogens is 4. The highest BCUT2D eigenvalue weighted by Crippen LogP contribution is 2.43. The van der Waals surface area contributed by atoms with Gasteiger partial charge < -0.3 is 20.5 Å². The van der Waals surface area contributed by atoms with E-state index >= 15 is 0 Å². The van der Waals surface area contributed by atoms with Crippen LogP contribution < -0.4 is 15.8 Å². The molecule has 0 fully saturated rings. The average Bonchev–Trinajstić information content (AvgIpc) is 2.71. The van der Waals surface area contributed by atoms with E-state index in [-0.39, 0.29) is 35.1 Å². The molecule has 2 aromatic rings. The first kappa shape index (κ1) is 23.5. The summed E-state index contributed by atoms with van der Waals surface area (Å²) in [5, 5.41) is 2.59. The SMILES string of the molecule is CC1(C)OCC(N)=NC1(C)c1cc(NC(=O)c2ccc(OCC(F)(F)F)cn2)ccc1F. The van der Waals surface area contributed by atoms with E-state index in [2.05, 4.69) is 20.0 Å². The van der Waals surface area contributed by atoms with Crippen LogP contribution in [0.2, 0.25) is 0 Å². The molecule has 1 unspecified atom stereocenters. The van der Waals surface area contributed by atoms with Gasteiger partial charge in [-0.1, -0.05) is 0 Å². The van der Waals surface area contributed by atoms with Gasteiger partial charge in [-0.15, -0.1) is 0 Å². The second-order valence-corrected chi connectivity index (χ2v) is 7.91. The molecule has 7 nitrogen and oxygen atoms in total. The monoisotopic (exact) mass is 454 g/mol.